The molecule has 0 N–H and O–H groups in total. The van der Waals surface area contributed by atoms with E-state index < -0.39 is 5.82 Å². The molecule has 2 aromatic carbocycles. The Labute approximate surface area is 117 Å². The molecule has 0 aliphatic rings. The molecule has 0 aromatic heterocycles. The van der Waals surface area contributed by atoms with Crippen molar-refractivity contribution < 1.29 is 9.18 Å². The average molecular weight is 277 g/mol. The third-order valence-corrected chi connectivity index (χ3v) is 3.34. The minimum atomic E-state index is -0.639. The van der Waals surface area contributed by atoms with Gasteiger partial charge in [0.25, 0.3) is 0 Å². The second-order valence-corrected chi connectivity index (χ2v) is 4.78. The van der Waals surface area contributed by atoms with Crippen molar-refractivity contribution >= 4 is 17.4 Å². The lowest BCUT2D eigenvalue weighted by atomic mass is 10.0. The minimum absolute atomic E-state index is 0.0211. The smallest absolute Gasteiger partial charge is 0.170 e. The molecule has 0 fully saturated rings. The Morgan fingerprint density at radius 3 is 2.37 bits per heavy atom. The molecule has 0 atom stereocenters. The average Bonchev–Trinajstić information content (AvgIpc) is 2.42. The molecule has 0 radical (unpaired) electrons. The van der Waals surface area contributed by atoms with Gasteiger partial charge in [0.15, 0.2) is 11.6 Å². The van der Waals surface area contributed by atoms with Crippen LogP contribution in [-0.2, 0) is 12.8 Å². The number of hydrogen-bond acceptors (Lipinski definition) is 1. The van der Waals surface area contributed by atoms with Gasteiger partial charge in [0.05, 0.1) is 10.6 Å². The van der Waals surface area contributed by atoms with Crippen molar-refractivity contribution in [2.45, 2.75) is 19.8 Å². The molecule has 0 spiro atoms. The van der Waals surface area contributed by atoms with Gasteiger partial charge in [-0.25, -0.2) is 4.39 Å². The lowest BCUT2D eigenvalue weighted by Crippen LogP contribution is -2.06. The molecule has 0 heterocycles. The van der Waals surface area contributed by atoms with Crippen LogP contribution >= 0.6 is 11.6 Å². The number of halogens is 2. The van der Waals surface area contributed by atoms with Crippen LogP contribution in [-0.4, -0.2) is 5.78 Å². The third kappa shape index (κ3) is 3.21. The van der Waals surface area contributed by atoms with E-state index in [-0.39, 0.29) is 22.8 Å². The summed E-state index contributed by atoms with van der Waals surface area (Å²) in [6, 6.07) is 12.2. The first kappa shape index (κ1) is 13.8. The van der Waals surface area contributed by atoms with E-state index in [2.05, 4.69) is 6.92 Å². The maximum atomic E-state index is 13.7. The van der Waals surface area contributed by atoms with E-state index >= 15 is 0 Å². The molecule has 98 valence electrons. The van der Waals surface area contributed by atoms with Crippen LogP contribution < -0.4 is 0 Å². The molecular formula is C16H14ClFO. The van der Waals surface area contributed by atoms with E-state index in [9.17, 15) is 9.18 Å². The zero-order valence-corrected chi connectivity index (χ0v) is 11.4. The van der Waals surface area contributed by atoms with Gasteiger partial charge in [-0.3, -0.25) is 4.79 Å². The van der Waals surface area contributed by atoms with Crippen LogP contribution in [0.4, 0.5) is 4.39 Å². The summed E-state index contributed by atoms with van der Waals surface area (Å²) in [5.41, 5.74) is 2.14. The molecular weight excluding hydrogens is 263 g/mol. The highest BCUT2D eigenvalue weighted by Crippen LogP contribution is 2.19. The van der Waals surface area contributed by atoms with E-state index in [4.69, 9.17) is 11.6 Å². The highest BCUT2D eigenvalue weighted by atomic mass is 35.5. The van der Waals surface area contributed by atoms with E-state index in [1.165, 1.54) is 17.7 Å². The quantitative estimate of drug-likeness (QED) is 0.753. The minimum Gasteiger partial charge on any atom is -0.294 e. The summed E-state index contributed by atoms with van der Waals surface area (Å²) < 4.78 is 13.7. The summed E-state index contributed by atoms with van der Waals surface area (Å²) in [7, 11) is 0. The number of Topliss-reactive ketones (excluding diaryl/α,β-unsaturated/α-hetero) is 1. The topological polar surface area (TPSA) is 17.1 Å². The Morgan fingerprint density at radius 1 is 1.11 bits per heavy atom. The standard InChI is InChI=1S/C16H14ClFO/c1-2-11-6-8-12(9-7-11)10-15(19)13-4-3-5-14(17)16(13)18/h3-9H,2,10H2,1H3. The lowest BCUT2D eigenvalue weighted by Gasteiger charge is -2.05. The molecule has 0 bridgehead atoms. The first-order valence-electron chi connectivity index (χ1n) is 6.17. The van der Waals surface area contributed by atoms with E-state index in [1.807, 2.05) is 24.3 Å². The molecule has 0 saturated carbocycles. The predicted octanol–water partition coefficient (Wildman–Crippen LogP) is 4.47. The summed E-state index contributed by atoms with van der Waals surface area (Å²) in [5, 5.41) is -0.0211. The maximum absolute atomic E-state index is 13.7. The molecule has 0 saturated heterocycles. The summed E-state index contributed by atoms with van der Waals surface area (Å²) in [6.45, 7) is 2.07. The molecule has 2 aromatic rings. The zero-order chi connectivity index (χ0) is 13.8. The van der Waals surface area contributed by atoms with Gasteiger partial charge in [-0.1, -0.05) is 48.9 Å². The molecule has 0 unspecified atom stereocenters. The second kappa shape index (κ2) is 5.98. The van der Waals surface area contributed by atoms with Crippen LogP contribution in [0.2, 0.25) is 5.02 Å². The third-order valence-electron chi connectivity index (χ3n) is 3.05. The van der Waals surface area contributed by atoms with E-state index in [0.717, 1.165) is 12.0 Å². The monoisotopic (exact) mass is 276 g/mol. The molecule has 0 aliphatic heterocycles. The molecule has 0 amide bonds. The van der Waals surface area contributed by atoms with Crippen molar-refractivity contribution in [3.8, 4) is 0 Å². The van der Waals surface area contributed by atoms with Gasteiger partial charge < -0.3 is 0 Å². The van der Waals surface area contributed by atoms with Gasteiger partial charge >= 0.3 is 0 Å². The SMILES string of the molecule is CCc1ccc(CC(=O)c2cccc(Cl)c2F)cc1. The molecule has 2 rings (SSSR count). The molecule has 3 heteroatoms. The fraction of sp³-hybridized carbons (Fsp3) is 0.188. The van der Waals surface area contributed by atoms with Crippen molar-refractivity contribution in [1.82, 2.24) is 0 Å². The fourth-order valence-electron chi connectivity index (χ4n) is 1.89. The van der Waals surface area contributed by atoms with Crippen molar-refractivity contribution in [2.75, 3.05) is 0 Å². The van der Waals surface area contributed by atoms with Crippen LogP contribution in [0.1, 0.15) is 28.4 Å². The van der Waals surface area contributed by atoms with Crippen molar-refractivity contribution in [1.29, 1.82) is 0 Å². The lowest BCUT2D eigenvalue weighted by molar-refractivity contribution is 0.0989. The zero-order valence-electron chi connectivity index (χ0n) is 10.6. The Morgan fingerprint density at radius 2 is 1.74 bits per heavy atom. The van der Waals surface area contributed by atoms with Crippen LogP contribution in [0.15, 0.2) is 42.5 Å². The van der Waals surface area contributed by atoms with Gasteiger partial charge in [0.1, 0.15) is 0 Å². The molecule has 0 aliphatic carbocycles. The Bertz CT molecular complexity index is 590. The van der Waals surface area contributed by atoms with E-state index in [0.29, 0.717) is 0 Å². The van der Waals surface area contributed by atoms with Crippen LogP contribution in [0.5, 0.6) is 0 Å². The van der Waals surface area contributed by atoms with Crippen molar-refractivity contribution in [3.05, 3.63) is 70.0 Å². The number of carbonyl (C=O) groups is 1. The number of hydrogen-bond donors (Lipinski definition) is 0. The van der Waals surface area contributed by atoms with Gasteiger partial charge in [-0.15, -0.1) is 0 Å². The van der Waals surface area contributed by atoms with Gasteiger partial charge in [-0.05, 0) is 29.7 Å². The Kier molecular flexibility index (Phi) is 4.33. The number of rotatable bonds is 4. The molecule has 19 heavy (non-hydrogen) atoms. The van der Waals surface area contributed by atoms with Gasteiger partial charge in [-0.2, -0.15) is 0 Å². The van der Waals surface area contributed by atoms with Crippen LogP contribution in [0.3, 0.4) is 0 Å². The highest BCUT2D eigenvalue weighted by molar-refractivity contribution is 6.31. The van der Waals surface area contributed by atoms with Crippen LogP contribution in [0.25, 0.3) is 0 Å². The summed E-state index contributed by atoms with van der Waals surface area (Å²) in [4.78, 5) is 12.0. The largest absolute Gasteiger partial charge is 0.294 e. The summed E-state index contributed by atoms with van der Waals surface area (Å²) in [6.07, 6.45) is 1.14. The number of aryl methyl sites for hydroxylation is 1. The predicted molar refractivity (Wildman–Crippen MR) is 75.3 cm³/mol. The van der Waals surface area contributed by atoms with Crippen molar-refractivity contribution in [3.63, 3.8) is 0 Å². The normalized spacial score (nSPS) is 10.5. The Hall–Kier alpha value is -1.67. The first-order chi connectivity index (χ1) is 9.11. The summed E-state index contributed by atoms with van der Waals surface area (Å²) >= 11 is 5.67. The summed E-state index contributed by atoms with van der Waals surface area (Å²) in [5.74, 6) is -0.899. The second-order valence-electron chi connectivity index (χ2n) is 4.37. The van der Waals surface area contributed by atoms with E-state index in [1.54, 1.807) is 6.07 Å². The van der Waals surface area contributed by atoms with Gasteiger partial charge in [0, 0.05) is 6.42 Å². The number of carbonyl (C=O) groups excluding carboxylic acids is 1. The first-order valence-corrected chi connectivity index (χ1v) is 6.54. The fourth-order valence-corrected chi connectivity index (χ4v) is 2.07. The molecule has 1 nitrogen and oxygen atoms in total. The van der Waals surface area contributed by atoms with Gasteiger partial charge in [0.2, 0.25) is 0 Å². The maximum Gasteiger partial charge on any atom is 0.170 e. The highest BCUT2D eigenvalue weighted by Gasteiger charge is 2.14. The number of benzene rings is 2. The van der Waals surface area contributed by atoms with Crippen molar-refractivity contribution in [2.24, 2.45) is 0 Å². The number of ketones is 1. The Balaban J connectivity index is 2.18. The van der Waals surface area contributed by atoms with Crippen LogP contribution in [0, 0.1) is 5.82 Å².